The molecular formula is C19H18N6O2. The van der Waals surface area contributed by atoms with Gasteiger partial charge in [-0.05, 0) is 18.2 Å². The van der Waals surface area contributed by atoms with Crippen LogP contribution < -0.4 is 11.0 Å². The second kappa shape index (κ2) is 6.91. The largest absolute Gasteiger partial charge is 0.360 e. The first-order valence-corrected chi connectivity index (χ1v) is 8.54. The number of para-hydroxylation sites is 1. The van der Waals surface area contributed by atoms with Crippen LogP contribution in [0.4, 0.5) is 0 Å². The molecule has 0 bridgehead atoms. The number of carbonyl (C=O) groups excluding carboxylic acids is 1. The van der Waals surface area contributed by atoms with Gasteiger partial charge in [0.2, 0.25) is 0 Å². The van der Waals surface area contributed by atoms with Crippen molar-refractivity contribution in [1.82, 2.24) is 29.6 Å². The number of nitrogens with one attached hydrogen (secondary N) is 2. The van der Waals surface area contributed by atoms with Crippen molar-refractivity contribution in [1.29, 1.82) is 0 Å². The summed E-state index contributed by atoms with van der Waals surface area (Å²) < 4.78 is 2.78. The Labute approximate surface area is 154 Å². The number of carbonyl (C=O) groups is 1. The molecule has 27 heavy (non-hydrogen) atoms. The lowest BCUT2D eigenvalue weighted by Gasteiger charge is -2.04. The lowest BCUT2D eigenvalue weighted by atomic mass is 10.1. The van der Waals surface area contributed by atoms with E-state index < -0.39 is 0 Å². The van der Waals surface area contributed by atoms with Crippen LogP contribution in [-0.2, 0) is 13.6 Å². The lowest BCUT2D eigenvalue weighted by Crippen LogP contribution is -2.31. The van der Waals surface area contributed by atoms with Crippen LogP contribution in [0.3, 0.4) is 0 Å². The predicted octanol–water partition coefficient (Wildman–Crippen LogP) is 1.56. The average Bonchev–Trinajstić information content (AvgIpc) is 3.25. The van der Waals surface area contributed by atoms with Crippen molar-refractivity contribution in [3.05, 3.63) is 70.9 Å². The number of H-pyrrole nitrogens is 1. The molecule has 0 unspecified atom stereocenters. The highest BCUT2D eigenvalue weighted by Crippen LogP contribution is 2.17. The molecule has 0 radical (unpaired) electrons. The summed E-state index contributed by atoms with van der Waals surface area (Å²) in [5.74, 6) is 0.296. The summed E-state index contributed by atoms with van der Waals surface area (Å²) in [4.78, 5) is 32.1. The van der Waals surface area contributed by atoms with Crippen molar-refractivity contribution in [3.8, 4) is 11.5 Å². The van der Waals surface area contributed by atoms with Gasteiger partial charge in [0.05, 0.1) is 12.1 Å². The van der Waals surface area contributed by atoms with Crippen LogP contribution in [0.5, 0.6) is 0 Å². The van der Waals surface area contributed by atoms with Crippen molar-refractivity contribution in [2.45, 2.75) is 6.54 Å². The molecule has 1 amide bonds. The topological polar surface area (TPSA) is 97.6 Å². The lowest BCUT2D eigenvalue weighted by molar-refractivity contribution is 0.0953. The van der Waals surface area contributed by atoms with Gasteiger partial charge in [-0.2, -0.15) is 0 Å². The summed E-state index contributed by atoms with van der Waals surface area (Å²) in [6.07, 6.45) is 3.34. The van der Waals surface area contributed by atoms with Gasteiger partial charge in [-0.15, -0.1) is 5.10 Å². The predicted molar refractivity (Wildman–Crippen MR) is 101 cm³/mol. The number of aromatic amines is 1. The molecule has 4 rings (SSSR count). The summed E-state index contributed by atoms with van der Waals surface area (Å²) in [7, 11) is 1.65. The van der Waals surface area contributed by atoms with Gasteiger partial charge in [-0.25, -0.2) is 9.48 Å². The zero-order valence-electron chi connectivity index (χ0n) is 14.7. The Morgan fingerprint density at radius 2 is 2.00 bits per heavy atom. The zero-order chi connectivity index (χ0) is 18.8. The van der Waals surface area contributed by atoms with Crippen LogP contribution in [0, 0.1) is 0 Å². The molecule has 0 aliphatic rings. The van der Waals surface area contributed by atoms with Crippen LogP contribution in [0.2, 0.25) is 0 Å². The maximum Gasteiger partial charge on any atom is 0.346 e. The molecule has 0 saturated heterocycles. The third kappa shape index (κ3) is 3.12. The first-order chi connectivity index (χ1) is 13.1. The molecule has 0 atom stereocenters. The molecule has 2 N–H and O–H groups in total. The maximum absolute atomic E-state index is 12.4. The Kier molecular flexibility index (Phi) is 4.29. The number of fused-ring (bicyclic) bond motifs is 1. The van der Waals surface area contributed by atoms with Crippen LogP contribution >= 0.6 is 0 Å². The van der Waals surface area contributed by atoms with Crippen molar-refractivity contribution in [2.24, 2.45) is 7.05 Å². The molecular weight excluding hydrogens is 344 g/mol. The molecule has 0 aliphatic carbocycles. The number of amides is 1. The fraction of sp³-hybridized carbons (Fsp3) is 0.158. The van der Waals surface area contributed by atoms with E-state index in [1.54, 1.807) is 31.6 Å². The van der Waals surface area contributed by atoms with E-state index >= 15 is 0 Å². The van der Waals surface area contributed by atoms with Crippen molar-refractivity contribution >= 4 is 16.8 Å². The third-order valence-corrected chi connectivity index (χ3v) is 4.38. The van der Waals surface area contributed by atoms with Crippen LogP contribution in [0.25, 0.3) is 22.4 Å². The highest BCUT2D eigenvalue weighted by atomic mass is 16.2. The van der Waals surface area contributed by atoms with E-state index in [-0.39, 0.29) is 24.7 Å². The molecule has 0 saturated carbocycles. The quantitative estimate of drug-likeness (QED) is 0.563. The van der Waals surface area contributed by atoms with Crippen LogP contribution in [-0.4, -0.2) is 36.8 Å². The highest BCUT2D eigenvalue weighted by Gasteiger charge is 2.14. The van der Waals surface area contributed by atoms with E-state index in [9.17, 15) is 9.59 Å². The summed E-state index contributed by atoms with van der Waals surface area (Å²) >= 11 is 0. The van der Waals surface area contributed by atoms with E-state index in [1.165, 1.54) is 9.25 Å². The van der Waals surface area contributed by atoms with E-state index in [0.717, 1.165) is 10.9 Å². The van der Waals surface area contributed by atoms with E-state index in [2.05, 4.69) is 20.4 Å². The van der Waals surface area contributed by atoms with Crippen molar-refractivity contribution in [2.75, 3.05) is 6.54 Å². The summed E-state index contributed by atoms with van der Waals surface area (Å²) in [5, 5.41) is 8.04. The minimum atomic E-state index is -0.253. The minimum absolute atomic E-state index is 0.193. The fourth-order valence-electron chi connectivity index (χ4n) is 2.98. The number of pyridine rings is 1. The smallest absolute Gasteiger partial charge is 0.346 e. The van der Waals surface area contributed by atoms with E-state index in [4.69, 9.17) is 0 Å². The number of benzene rings is 1. The van der Waals surface area contributed by atoms with Crippen LogP contribution in [0.1, 0.15) is 10.4 Å². The summed E-state index contributed by atoms with van der Waals surface area (Å²) in [6, 6.07) is 13.0. The SMILES string of the molecule is Cn1c(-c2ccccn2)nn(CCNC(=O)c2c[nH]c3ccccc23)c1=O. The zero-order valence-corrected chi connectivity index (χ0v) is 14.7. The first kappa shape index (κ1) is 16.8. The van der Waals surface area contributed by atoms with Crippen LogP contribution in [0.15, 0.2) is 59.7 Å². The molecule has 1 aromatic carbocycles. The third-order valence-electron chi connectivity index (χ3n) is 4.38. The Morgan fingerprint density at radius 3 is 2.81 bits per heavy atom. The minimum Gasteiger partial charge on any atom is -0.360 e. The summed E-state index contributed by atoms with van der Waals surface area (Å²) in [6.45, 7) is 0.560. The number of aromatic nitrogens is 5. The van der Waals surface area contributed by atoms with Gasteiger partial charge in [-0.1, -0.05) is 24.3 Å². The van der Waals surface area contributed by atoms with Gasteiger partial charge < -0.3 is 10.3 Å². The van der Waals surface area contributed by atoms with E-state index in [0.29, 0.717) is 17.1 Å². The van der Waals surface area contributed by atoms with Gasteiger partial charge >= 0.3 is 5.69 Å². The van der Waals surface area contributed by atoms with Gasteiger partial charge in [0.15, 0.2) is 5.82 Å². The van der Waals surface area contributed by atoms with Gasteiger partial charge in [0, 0.05) is 36.9 Å². The second-order valence-corrected chi connectivity index (χ2v) is 6.11. The van der Waals surface area contributed by atoms with Crippen molar-refractivity contribution < 1.29 is 4.79 Å². The van der Waals surface area contributed by atoms with Gasteiger partial charge in [0.1, 0.15) is 5.69 Å². The Morgan fingerprint density at radius 1 is 1.19 bits per heavy atom. The van der Waals surface area contributed by atoms with Crippen molar-refractivity contribution in [3.63, 3.8) is 0 Å². The summed E-state index contributed by atoms with van der Waals surface area (Å²) in [5.41, 5.74) is 1.85. The first-order valence-electron chi connectivity index (χ1n) is 8.54. The Hall–Kier alpha value is -3.68. The molecule has 136 valence electrons. The molecule has 4 aromatic rings. The maximum atomic E-state index is 12.4. The average molecular weight is 362 g/mol. The Bertz CT molecular complexity index is 1160. The highest BCUT2D eigenvalue weighted by molar-refractivity contribution is 6.06. The molecule has 3 heterocycles. The standard InChI is InChI=1S/C19H18N6O2/c1-24-17(16-8-4-5-9-20-16)23-25(19(24)27)11-10-21-18(26)14-12-22-15-7-3-2-6-13(14)15/h2-9,12,22H,10-11H2,1H3,(H,21,26). The normalized spacial score (nSPS) is 11.0. The molecule has 0 aliphatic heterocycles. The van der Waals surface area contributed by atoms with Gasteiger partial charge in [-0.3, -0.25) is 14.3 Å². The molecule has 8 heteroatoms. The monoisotopic (exact) mass is 362 g/mol. The molecule has 8 nitrogen and oxygen atoms in total. The number of nitrogens with zero attached hydrogens (tertiary/aromatic N) is 4. The second-order valence-electron chi connectivity index (χ2n) is 6.11. The molecule has 0 fully saturated rings. The number of rotatable bonds is 5. The molecule has 0 spiro atoms. The van der Waals surface area contributed by atoms with Gasteiger partial charge in [0.25, 0.3) is 5.91 Å². The fourth-order valence-corrected chi connectivity index (χ4v) is 2.98. The number of hydrogen-bond donors (Lipinski definition) is 2. The van der Waals surface area contributed by atoms with E-state index in [1.807, 2.05) is 30.3 Å². The number of hydrogen-bond acceptors (Lipinski definition) is 4. The molecule has 3 aromatic heterocycles. The Balaban J connectivity index is 1.47.